The molecule has 2 fully saturated rings. The molecule has 1 atom stereocenters. The second-order valence-corrected chi connectivity index (χ2v) is 13.0. The van der Waals surface area contributed by atoms with Crippen LogP contribution in [0.5, 0.6) is 5.88 Å². The van der Waals surface area contributed by atoms with Crippen molar-refractivity contribution in [3.8, 4) is 5.88 Å². The number of hydrogen-bond donors (Lipinski definition) is 3. The molecule has 3 heterocycles. The third-order valence-corrected chi connectivity index (χ3v) is 10.3. The van der Waals surface area contributed by atoms with Crippen LogP contribution < -0.4 is 20.1 Å². The SMILES string of the molecule is Cn1nc(OC(F)F)cc1Nc1nncn1[C@H]1CCc2sc(NC(=O)C3CC3)c(S(=O)(=O)N[C@H]3C[C@@H](F)C3)c2C1. The maximum atomic E-state index is 13.6. The van der Waals surface area contributed by atoms with Crippen LogP contribution in [0.4, 0.5) is 29.9 Å². The van der Waals surface area contributed by atoms with Gasteiger partial charge >= 0.3 is 6.61 Å². The summed E-state index contributed by atoms with van der Waals surface area (Å²) in [4.78, 5) is 13.5. The fourth-order valence-corrected chi connectivity index (χ4v) is 8.28. The molecule has 0 aromatic carbocycles. The third-order valence-electron chi connectivity index (χ3n) is 7.32. The van der Waals surface area contributed by atoms with E-state index in [2.05, 4.69) is 35.4 Å². The molecular formula is C23H27F3N8O4S2. The lowest BCUT2D eigenvalue weighted by Crippen LogP contribution is -2.45. The van der Waals surface area contributed by atoms with Crippen LogP contribution >= 0.6 is 11.3 Å². The number of aromatic nitrogens is 5. The summed E-state index contributed by atoms with van der Waals surface area (Å²) in [7, 11) is -2.50. The average molecular weight is 601 g/mol. The number of sulfonamides is 1. The predicted molar refractivity (Wildman–Crippen MR) is 138 cm³/mol. The standard InChI is InChI=1S/C23H27F3N8O4S2/c1-33-17(9-18(31-33)38-22(25)26)28-23-30-27-10-34(23)14-4-5-16-15(8-14)19(21(39-16)29-20(35)11-2-3-11)40(36,37)32-13-6-12(24)7-13/h9-14,22,32H,2-8H2,1H3,(H,28,30)(H,29,35)/t12-,13+,14-/m0/s1. The van der Waals surface area contributed by atoms with Crippen molar-refractivity contribution in [2.75, 3.05) is 10.6 Å². The summed E-state index contributed by atoms with van der Waals surface area (Å²) in [6, 6.07) is 0.564. The molecule has 3 N–H and O–H groups in total. The van der Waals surface area contributed by atoms with Crippen molar-refractivity contribution < 1.29 is 31.1 Å². The highest BCUT2D eigenvalue weighted by Gasteiger charge is 2.39. The minimum Gasteiger partial charge on any atom is -0.415 e. The van der Waals surface area contributed by atoms with Gasteiger partial charge in [0.15, 0.2) is 0 Å². The Morgan fingerprint density at radius 1 is 1.25 bits per heavy atom. The lowest BCUT2D eigenvalue weighted by Gasteiger charge is -2.30. The molecule has 17 heteroatoms. The minimum absolute atomic E-state index is 0.0384. The molecule has 0 aliphatic heterocycles. The summed E-state index contributed by atoms with van der Waals surface area (Å²) in [5.74, 6) is 0.0688. The van der Waals surface area contributed by atoms with Gasteiger partial charge in [0.1, 0.15) is 28.2 Å². The van der Waals surface area contributed by atoms with Gasteiger partial charge in [-0.3, -0.25) is 9.36 Å². The maximum Gasteiger partial charge on any atom is 0.388 e. The highest BCUT2D eigenvalue weighted by molar-refractivity contribution is 7.90. The Labute approximate surface area is 231 Å². The molecule has 3 aromatic rings. The molecule has 216 valence electrons. The van der Waals surface area contributed by atoms with Crippen LogP contribution in [-0.4, -0.2) is 57.7 Å². The van der Waals surface area contributed by atoms with Crippen LogP contribution in [0.2, 0.25) is 0 Å². The van der Waals surface area contributed by atoms with Crippen molar-refractivity contribution in [2.24, 2.45) is 13.0 Å². The second-order valence-electron chi connectivity index (χ2n) is 10.3. The van der Waals surface area contributed by atoms with E-state index in [9.17, 15) is 26.4 Å². The highest BCUT2D eigenvalue weighted by Crippen LogP contribution is 2.45. The van der Waals surface area contributed by atoms with E-state index >= 15 is 0 Å². The third kappa shape index (κ3) is 5.41. The number of aryl methyl sites for hydroxylation is 2. The smallest absolute Gasteiger partial charge is 0.388 e. The van der Waals surface area contributed by atoms with Gasteiger partial charge in [-0.2, -0.15) is 8.78 Å². The predicted octanol–water partition coefficient (Wildman–Crippen LogP) is 3.28. The molecule has 40 heavy (non-hydrogen) atoms. The molecule has 3 aliphatic carbocycles. The number of nitrogens with one attached hydrogen (secondary N) is 3. The molecule has 0 spiro atoms. The lowest BCUT2D eigenvalue weighted by molar-refractivity contribution is -0.117. The Balaban J connectivity index is 1.28. The number of anilines is 3. The fourth-order valence-electron chi connectivity index (χ4n) is 5.05. The molecule has 1 amide bonds. The number of halogens is 3. The van der Waals surface area contributed by atoms with Gasteiger partial charge in [0.05, 0.1) is 0 Å². The highest BCUT2D eigenvalue weighted by atomic mass is 32.2. The van der Waals surface area contributed by atoms with Crippen molar-refractivity contribution >= 4 is 44.0 Å². The number of nitrogens with zero attached hydrogens (tertiary/aromatic N) is 5. The molecule has 2 saturated carbocycles. The first-order chi connectivity index (χ1) is 19.1. The number of ether oxygens (including phenoxy) is 1. The molecule has 0 unspecified atom stereocenters. The number of rotatable bonds is 10. The lowest BCUT2D eigenvalue weighted by atomic mass is 9.92. The summed E-state index contributed by atoms with van der Waals surface area (Å²) in [5, 5.41) is 18.1. The second kappa shape index (κ2) is 10.3. The molecule has 0 saturated heterocycles. The van der Waals surface area contributed by atoms with Crippen molar-refractivity contribution in [1.29, 1.82) is 0 Å². The van der Waals surface area contributed by atoms with Gasteiger partial charge in [0, 0.05) is 36.0 Å². The molecule has 3 aromatic heterocycles. The number of alkyl halides is 3. The Hall–Kier alpha value is -3.18. The van der Waals surface area contributed by atoms with Crippen LogP contribution in [0.15, 0.2) is 17.3 Å². The van der Waals surface area contributed by atoms with E-state index in [1.54, 1.807) is 11.6 Å². The molecule has 0 radical (unpaired) electrons. The van der Waals surface area contributed by atoms with E-state index in [1.807, 2.05) is 0 Å². The Morgan fingerprint density at radius 3 is 2.73 bits per heavy atom. The molecule has 0 bridgehead atoms. The summed E-state index contributed by atoms with van der Waals surface area (Å²) >= 11 is 1.26. The van der Waals surface area contributed by atoms with E-state index in [1.165, 1.54) is 28.4 Å². The monoisotopic (exact) mass is 600 g/mol. The first-order valence-electron chi connectivity index (χ1n) is 12.8. The number of hydrogen-bond acceptors (Lipinski definition) is 9. The number of carbonyl (C=O) groups is 1. The number of fused-ring (bicyclic) bond motifs is 1. The van der Waals surface area contributed by atoms with Crippen LogP contribution in [0.25, 0.3) is 0 Å². The normalized spacial score (nSPS) is 22.6. The number of thiophene rings is 1. The van der Waals surface area contributed by atoms with Gasteiger partial charge < -0.3 is 15.4 Å². The van der Waals surface area contributed by atoms with Crippen LogP contribution in [0, 0.1) is 5.92 Å². The summed E-state index contributed by atoms with van der Waals surface area (Å²) in [5.41, 5.74) is 0.601. The van der Waals surface area contributed by atoms with E-state index in [-0.39, 0.29) is 46.5 Å². The van der Waals surface area contributed by atoms with Gasteiger partial charge in [0.2, 0.25) is 27.8 Å². The largest absolute Gasteiger partial charge is 0.415 e. The first kappa shape index (κ1) is 27.0. The van der Waals surface area contributed by atoms with E-state index in [0.717, 1.165) is 17.7 Å². The van der Waals surface area contributed by atoms with Gasteiger partial charge in [-0.15, -0.1) is 26.6 Å². The van der Waals surface area contributed by atoms with Gasteiger partial charge in [-0.05, 0) is 50.5 Å². The van der Waals surface area contributed by atoms with E-state index < -0.39 is 28.8 Å². The topological polar surface area (TPSA) is 145 Å². The van der Waals surface area contributed by atoms with Gasteiger partial charge in [-0.25, -0.2) is 22.2 Å². The summed E-state index contributed by atoms with van der Waals surface area (Å²) < 4.78 is 75.9. The van der Waals surface area contributed by atoms with Crippen LogP contribution in [0.1, 0.15) is 48.6 Å². The first-order valence-corrected chi connectivity index (χ1v) is 15.1. The van der Waals surface area contributed by atoms with Crippen molar-refractivity contribution in [3.63, 3.8) is 0 Å². The Bertz CT molecular complexity index is 1530. The number of carbonyl (C=O) groups excluding carboxylic acids is 1. The summed E-state index contributed by atoms with van der Waals surface area (Å²) in [6.45, 7) is -3.02. The Morgan fingerprint density at radius 2 is 2.02 bits per heavy atom. The van der Waals surface area contributed by atoms with E-state index in [0.29, 0.717) is 36.6 Å². The van der Waals surface area contributed by atoms with Crippen molar-refractivity contribution in [1.82, 2.24) is 29.3 Å². The molecule has 6 rings (SSSR count). The van der Waals surface area contributed by atoms with Gasteiger partial charge in [-0.1, -0.05) is 0 Å². The summed E-state index contributed by atoms with van der Waals surface area (Å²) in [6.07, 6.45) is 3.77. The Kier molecular flexibility index (Phi) is 6.98. The quantitative estimate of drug-likeness (QED) is 0.322. The fraction of sp³-hybridized carbons (Fsp3) is 0.565. The zero-order chi connectivity index (χ0) is 28.2. The minimum atomic E-state index is -4.05. The van der Waals surface area contributed by atoms with E-state index in [4.69, 9.17) is 0 Å². The number of amides is 1. The molecule has 3 aliphatic rings. The molecular weight excluding hydrogens is 573 g/mol. The molecule has 12 nitrogen and oxygen atoms in total. The van der Waals surface area contributed by atoms with Crippen molar-refractivity contribution in [2.45, 2.75) is 74.7 Å². The van der Waals surface area contributed by atoms with Crippen molar-refractivity contribution in [3.05, 3.63) is 22.8 Å². The zero-order valence-electron chi connectivity index (χ0n) is 21.3. The zero-order valence-corrected chi connectivity index (χ0v) is 22.9. The van der Waals surface area contributed by atoms with Crippen LogP contribution in [-0.2, 0) is 34.7 Å². The van der Waals surface area contributed by atoms with Gasteiger partial charge in [0.25, 0.3) is 0 Å². The van der Waals surface area contributed by atoms with Crippen LogP contribution in [0.3, 0.4) is 0 Å². The maximum absolute atomic E-state index is 13.6. The average Bonchev–Trinajstić information content (AvgIpc) is 3.37.